The van der Waals surface area contributed by atoms with Crippen LogP contribution in [0.3, 0.4) is 0 Å². The van der Waals surface area contributed by atoms with Crippen LogP contribution in [0, 0.1) is 5.92 Å². The van der Waals surface area contributed by atoms with E-state index >= 15 is 0 Å². The van der Waals surface area contributed by atoms with E-state index in [-0.39, 0.29) is 0 Å². The molecule has 1 saturated heterocycles. The van der Waals surface area contributed by atoms with Gasteiger partial charge < -0.3 is 5.73 Å². The zero-order chi connectivity index (χ0) is 16.5. The van der Waals surface area contributed by atoms with Crippen LogP contribution in [0.2, 0.25) is 0 Å². The van der Waals surface area contributed by atoms with E-state index in [1.165, 1.54) is 11.1 Å². The van der Waals surface area contributed by atoms with E-state index in [1.54, 1.807) is 0 Å². The van der Waals surface area contributed by atoms with Gasteiger partial charge in [-0.3, -0.25) is 4.90 Å². The van der Waals surface area contributed by atoms with Crippen molar-refractivity contribution in [3.05, 3.63) is 59.7 Å². The number of hydrogen-bond donors (Lipinski definition) is 1. The van der Waals surface area contributed by atoms with E-state index in [9.17, 15) is 0 Å². The summed E-state index contributed by atoms with van der Waals surface area (Å²) >= 11 is 0. The first kappa shape index (κ1) is 15.3. The summed E-state index contributed by atoms with van der Waals surface area (Å²) < 4.78 is 1.81. The molecule has 3 aromatic rings. The SMILES string of the molecule is Cn1nnc2cc(CN3C[C@@H](CN)[C@H](c4ccccc4)C3)ccc21. The minimum absolute atomic E-state index is 0.521. The van der Waals surface area contributed by atoms with Crippen molar-refractivity contribution in [3.63, 3.8) is 0 Å². The largest absolute Gasteiger partial charge is 0.330 e. The molecule has 1 aliphatic rings. The Labute approximate surface area is 142 Å². The average molecular weight is 321 g/mol. The maximum absolute atomic E-state index is 6.05. The molecule has 0 aliphatic carbocycles. The first-order valence-electron chi connectivity index (χ1n) is 8.50. The third kappa shape index (κ3) is 2.81. The van der Waals surface area contributed by atoms with Crippen LogP contribution >= 0.6 is 0 Å². The van der Waals surface area contributed by atoms with Crippen molar-refractivity contribution in [1.29, 1.82) is 0 Å². The summed E-state index contributed by atoms with van der Waals surface area (Å²) in [6, 6.07) is 17.2. The Hall–Kier alpha value is -2.24. The number of benzene rings is 2. The molecule has 1 fully saturated rings. The molecule has 2 N–H and O–H groups in total. The van der Waals surface area contributed by atoms with Crippen molar-refractivity contribution >= 4 is 11.0 Å². The van der Waals surface area contributed by atoms with Gasteiger partial charge in [0, 0.05) is 32.6 Å². The minimum atomic E-state index is 0.521. The van der Waals surface area contributed by atoms with Crippen molar-refractivity contribution in [2.45, 2.75) is 12.5 Å². The van der Waals surface area contributed by atoms with Crippen LogP contribution in [-0.4, -0.2) is 39.5 Å². The first-order chi connectivity index (χ1) is 11.7. The van der Waals surface area contributed by atoms with Crippen molar-refractivity contribution in [2.75, 3.05) is 19.6 Å². The minimum Gasteiger partial charge on any atom is -0.330 e. The molecular weight excluding hydrogens is 298 g/mol. The Balaban J connectivity index is 1.52. The van der Waals surface area contributed by atoms with Crippen LogP contribution < -0.4 is 5.73 Å². The fourth-order valence-electron chi connectivity index (χ4n) is 3.85. The molecule has 5 nitrogen and oxygen atoms in total. The molecule has 0 spiro atoms. The molecule has 2 aromatic carbocycles. The van der Waals surface area contributed by atoms with E-state index in [4.69, 9.17) is 5.73 Å². The molecule has 0 saturated carbocycles. The highest BCUT2D eigenvalue weighted by Crippen LogP contribution is 2.32. The van der Waals surface area contributed by atoms with E-state index in [0.29, 0.717) is 11.8 Å². The molecule has 5 heteroatoms. The summed E-state index contributed by atoms with van der Waals surface area (Å²) in [6.45, 7) is 3.78. The predicted molar refractivity (Wildman–Crippen MR) is 95.5 cm³/mol. The van der Waals surface area contributed by atoms with Gasteiger partial charge in [0.25, 0.3) is 0 Å². The summed E-state index contributed by atoms with van der Waals surface area (Å²) in [5.74, 6) is 1.05. The highest BCUT2D eigenvalue weighted by Gasteiger charge is 2.32. The van der Waals surface area contributed by atoms with Gasteiger partial charge in [0.1, 0.15) is 5.52 Å². The van der Waals surface area contributed by atoms with E-state index in [1.807, 2.05) is 11.7 Å². The second kappa shape index (κ2) is 6.34. The Bertz CT molecular complexity index is 826. The summed E-state index contributed by atoms with van der Waals surface area (Å²) in [5.41, 5.74) is 10.8. The lowest BCUT2D eigenvalue weighted by Gasteiger charge is -2.17. The first-order valence-corrected chi connectivity index (χ1v) is 8.50. The number of nitrogens with zero attached hydrogens (tertiary/aromatic N) is 4. The van der Waals surface area contributed by atoms with Crippen LogP contribution in [0.15, 0.2) is 48.5 Å². The molecule has 0 radical (unpaired) electrons. The van der Waals surface area contributed by atoms with Gasteiger partial charge in [0.05, 0.1) is 5.52 Å². The highest BCUT2D eigenvalue weighted by atomic mass is 15.4. The number of hydrogen-bond acceptors (Lipinski definition) is 4. The zero-order valence-electron chi connectivity index (χ0n) is 14.0. The molecule has 0 amide bonds. The number of likely N-dealkylation sites (tertiary alicyclic amines) is 1. The lowest BCUT2D eigenvalue weighted by Crippen LogP contribution is -2.23. The highest BCUT2D eigenvalue weighted by molar-refractivity contribution is 5.74. The molecule has 24 heavy (non-hydrogen) atoms. The summed E-state index contributed by atoms with van der Waals surface area (Å²) in [6.07, 6.45) is 0. The standard InChI is InChI=1S/C19H23N5/c1-23-19-8-7-14(9-18(19)21-22-23)11-24-12-16(10-20)17(13-24)15-5-3-2-4-6-15/h2-9,16-17H,10-13,20H2,1H3/t16-,17+/m1/s1. The molecule has 0 unspecified atom stereocenters. The third-order valence-corrected chi connectivity index (χ3v) is 5.13. The van der Waals surface area contributed by atoms with Crippen LogP contribution in [-0.2, 0) is 13.6 Å². The van der Waals surface area contributed by atoms with Crippen LogP contribution in [0.5, 0.6) is 0 Å². The molecule has 1 aromatic heterocycles. The Morgan fingerprint density at radius 2 is 1.96 bits per heavy atom. The number of fused-ring (bicyclic) bond motifs is 1. The van der Waals surface area contributed by atoms with Gasteiger partial charge >= 0.3 is 0 Å². The van der Waals surface area contributed by atoms with Crippen LogP contribution in [0.1, 0.15) is 17.0 Å². The number of aryl methyl sites for hydroxylation is 1. The van der Waals surface area contributed by atoms with Gasteiger partial charge in [-0.25, -0.2) is 4.68 Å². The van der Waals surface area contributed by atoms with Crippen LogP contribution in [0.4, 0.5) is 0 Å². The topological polar surface area (TPSA) is 60.0 Å². The lowest BCUT2D eigenvalue weighted by molar-refractivity contribution is 0.317. The summed E-state index contributed by atoms with van der Waals surface area (Å²) in [7, 11) is 1.92. The lowest BCUT2D eigenvalue weighted by atomic mass is 9.89. The fourth-order valence-corrected chi connectivity index (χ4v) is 3.85. The predicted octanol–water partition coefficient (Wildman–Crippen LogP) is 2.14. The molecular formula is C19H23N5. The van der Waals surface area contributed by atoms with Crippen molar-refractivity contribution in [2.24, 2.45) is 18.7 Å². The van der Waals surface area contributed by atoms with Crippen molar-refractivity contribution < 1.29 is 0 Å². The van der Waals surface area contributed by atoms with E-state index in [2.05, 4.69) is 63.7 Å². The fraction of sp³-hybridized carbons (Fsp3) is 0.368. The quantitative estimate of drug-likeness (QED) is 0.800. The van der Waals surface area contributed by atoms with Crippen molar-refractivity contribution in [3.8, 4) is 0 Å². The molecule has 4 rings (SSSR count). The molecule has 0 bridgehead atoms. The number of aromatic nitrogens is 3. The maximum atomic E-state index is 6.05. The molecule has 1 aliphatic heterocycles. The van der Waals surface area contributed by atoms with Crippen LogP contribution in [0.25, 0.3) is 11.0 Å². The van der Waals surface area contributed by atoms with Crippen molar-refractivity contribution in [1.82, 2.24) is 19.9 Å². The smallest absolute Gasteiger partial charge is 0.113 e. The van der Waals surface area contributed by atoms with E-state index < -0.39 is 0 Å². The summed E-state index contributed by atoms with van der Waals surface area (Å²) in [4.78, 5) is 2.51. The second-order valence-electron chi connectivity index (χ2n) is 6.74. The summed E-state index contributed by atoms with van der Waals surface area (Å²) in [5, 5.41) is 8.30. The molecule has 124 valence electrons. The zero-order valence-corrected chi connectivity index (χ0v) is 14.0. The van der Waals surface area contributed by atoms with Gasteiger partial charge in [0.2, 0.25) is 0 Å². The number of nitrogens with two attached hydrogens (primary N) is 1. The molecule has 2 heterocycles. The van der Waals surface area contributed by atoms with Gasteiger partial charge in [-0.05, 0) is 35.7 Å². The Kier molecular flexibility index (Phi) is 4.04. The van der Waals surface area contributed by atoms with Gasteiger partial charge in [0.15, 0.2) is 0 Å². The van der Waals surface area contributed by atoms with Gasteiger partial charge in [-0.1, -0.05) is 41.6 Å². The normalized spacial score (nSPS) is 21.6. The number of rotatable bonds is 4. The average Bonchev–Trinajstić information content (AvgIpc) is 3.19. The molecule has 2 atom stereocenters. The third-order valence-electron chi connectivity index (χ3n) is 5.13. The van der Waals surface area contributed by atoms with Gasteiger partial charge in [-0.2, -0.15) is 0 Å². The Morgan fingerprint density at radius 3 is 2.75 bits per heavy atom. The Morgan fingerprint density at radius 1 is 1.12 bits per heavy atom. The second-order valence-corrected chi connectivity index (χ2v) is 6.74. The monoisotopic (exact) mass is 321 g/mol. The van der Waals surface area contributed by atoms with Gasteiger partial charge in [-0.15, -0.1) is 5.10 Å². The van der Waals surface area contributed by atoms with E-state index in [0.717, 1.165) is 37.2 Å². The maximum Gasteiger partial charge on any atom is 0.113 e.